The van der Waals surface area contributed by atoms with E-state index >= 15 is 0 Å². The monoisotopic (exact) mass is 226 g/mol. The van der Waals surface area contributed by atoms with E-state index in [1.54, 1.807) is 0 Å². The third kappa shape index (κ3) is 8.99. The third-order valence-corrected chi connectivity index (χ3v) is 0. The average molecular weight is 225 g/mol. The zero-order chi connectivity index (χ0) is 2.00. The maximum Gasteiger partial charge on any atom is -2.00 e. The molecule has 0 saturated heterocycles. The van der Waals surface area contributed by atoms with E-state index in [-0.39, 0.29) is 11.0 Å². The summed E-state index contributed by atoms with van der Waals surface area (Å²) in [5.74, 6) is 0. The smallest absolute Gasteiger partial charge is 2.00 e. The summed E-state index contributed by atoms with van der Waals surface area (Å²) in [6, 6.07) is 0. The molecular weight excluding hydrogens is 224 g/mol. The summed E-state index contributed by atoms with van der Waals surface area (Å²) in [5.41, 5.74) is 0. The molecule has 0 aromatic carbocycles. The molecule has 0 atom stereocenters. The molecule has 0 spiro atoms. The van der Waals surface area contributed by atoms with Crippen molar-refractivity contribution >= 4 is 43.1 Å². The molecule has 22 valence electrons. The Labute approximate surface area is 59.9 Å². The van der Waals surface area contributed by atoms with Crippen LogP contribution in [0.3, 0.4) is 0 Å². The predicted octanol–water partition coefficient (Wildman–Crippen LogP) is -0.889. The van der Waals surface area contributed by atoms with Crippen LogP contribution in [0.15, 0.2) is 0 Å². The summed E-state index contributed by atoms with van der Waals surface area (Å²) in [6.45, 7) is 0. The summed E-state index contributed by atoms with van der Waals surface area (Å²) < 4.78 is 0. The van der Waals surface area contributed by atoms with Crippen molar-refractivity contribution in [1.29, 1.82) is 0 Å². The first kappa shape index (κ1) is 16.6. The summed E-state index contributed by atoms with van der Waals surface area (Å²) >= 11 is 0.701. The van der Waals surface area contributed by atoms with Gasteiger partial charge >= 0.3 is 50.3 Å². The van der Waals surface area contributed by atoms with Crippen LogP contribution >= 0.6 is 0 Å². The summed E-state index contributed by atoms with van der Waals surface area (Å²) in [4.78, 5) is 0. The Hall–Kier alpha value is 2.01. The topological polar surface area (TPSA) is 57.0 Å². The van der Waals surface area contributed by atoms with Gasteiger partial charge in [0, 0.05) is 0 Å². The summed E-state index contributed by atoms with van der Waals surface area (Å²) in [5, 5.41) is 0. The Kier molecular flexibility index (Phi) is 83.0. The van der Waals surface area contributed by atoms with Crippen LogP contribution in [0.2, 0.25) is 0 Å². The van der Waals surface area contributed by atoms with E-state index in [1.807, 2.05) is 0 Å². The van der Waals surface area contributed by atoms with E-state index in [0.717, 1.165) is 0 Å². The zero-order valence-electron chi connectivity index (χ0n) is 2.19. The fourth-order valence-electron chi connectivity index (χ4n) is 0. The van der Waals surface area contributed by atoms with Gasteiger partial charge in [0.25, 0.3) is 0 Å². The first-order valence-corrected chi connectivity index (χ1v) is 11.3. The zero-order valence-corrected chi connectivity index (χ0v) is 9.65. The van der Waals surface area contributed by atoms with Gasteiger partial charge in [-0.3, -0.25) is 0 Å². The second-order valence-electron chi connectivity index (χ2n) is 0. The number of hydrogen-bond donors (Lipinski definition) is 0. The molecule has 0 N–H and O–H groups in total. The van der Waals surface area contributed by atoms with Crippen molar-refractivity contribution in [3.8, 4) is 0 Å². The van der Waals surface area contributed by atoms with Crippen molar-refractivity contribution in [3.63, 3.8) is 0 Å². The number of hydrogen-bond acceptors (Lipinski definition) is 0. The average Bonchev–Trinajstić information content (AvgIpc) is 1.00. The molecule has 0 saturated carbocycles. The Morgan fingerprint density at radius 2 is 1.00 bits per heavy atom. The normalized spacial score (nSPS) is 0.500. The maximum atomic E-state index is 3.16. The van der Waals surface area contributed by atoms with Crippen LogP contribution in [-0.2, 0) is 18.2 Å². The van der Waals surface area contributed by atoms with E-state index in [2.05, 4.69) is 7.23 Å². The largest absolute Gasteiger partial charge is 2.00 e. The molecule has 0 heterocycles. The van der Waals surface area contributed by atoms with Crippen LogP contribution in [0.5, 0.6) is 0 Å². The molecule has 0 aliphatic heterocycles. The predicted molar refractivity (Wildman–Crippen MR) is 8.52 cm³/mol. The van der Waals surface area contributed by atoms with Crippen LogP contribution < -0.4 is 0 Å². The van der Waals surface area contributed by atoms with Gasteiger partial charge in [-0.05, 0) is 0 Å². The molecule has 0 aliphatic rings. The maximum absolute atomic E-state index is 3.16. The molecule has 2 nitrogen and oxygen atoms in total. The molecule has 0 rings (SSSR count). The quantitative estimate of drug-likeness (QED) is 0.480. The summed E-state index contributed by atoms with van der Waals surface area (Å²) in [6.07, 6.45) is 0. The second kappa shape index (κ2) is 19.9. The van der Waals surface area contributed by atoms with Crippen molar-refractivity contribution in [2.24, 2.45) is 0 Å². The van der Waals surface area contributed by atoms with Crippen molar-refractivity contribution in [2.45, 2.75) is 0 Å². The van der Waals surface area contributed by atoms with Crippen molar-refractivity contribution in [1.82, 2.24) is 0 Å². The third-order valence-electron chi connectivity index (χ3n) is 0. The SMILES string of the molecule is [Mn+4][BaH].[O-2].[O-2]. The van der Waals surface area contributed by atoms with Crippen LogP contribution in [0, 0.1) is 0 Å². The van der Waals surface area contributed by atoms with Crippen molar-refractivity contribution in [3.05, 3.63) is 0 Å². The first-order valence-electron chi connectivity index (χ1n) is 0.378. The minimum atomic E-state index is 0. The fourth-order valence-corrected chi connectivity index (χ4v) is 0. The van der Waals surface area contributed by atoms with E-state index in [0.29, 0.717) is 43.1 Å². The van der Waals surface area contributed by atoms with Gasteiger partial charge in [-0.25, -0.2) is 0 Å². The molecule has 0 unspecified atom stereocenters. The van der Waals surface area contributed by atoms with Crippen molar-refractivity contribution in [2.75, 3.05) is 0 Å². The van der Waals surface area contributed by atoms with Gasteiger partial charge in [0.1, 0.15) is 0 Å². The standard InChI is InChI=1S/Ba.Mn.2O.H/q;+4;2*-2;. The van der Waals surface area contributed by atoms with Gasteiger partial charge in [0.2, 0.25) is 0 Å². The van der Waals surface area contributed by atoms with Gasteiger partial charge in [0.15, 0.2) is 0 Å². The van der Waals surface area contributed by atoms with E-state index in [4.69, 9.17) is 0 Å². The minimum Gasteiger partial charge on any atom is -2.00 e. The molecule has 4 heavy (non-hydrogen) atoms. The van der Waals surface area contributed by atoms with E-state index < -0.39 is 0 Å². The van der Waals surface area contributed by atoms with Gasteiger partial charge in [-0.2, -0.15) is 0 Å². The van der Waals surface area contributed by atoms with E-state index in [1.165, 1.54) is 0 Å². The van der Waals surface area contributed by atoms with Crippen molar-refractivity contribution < 1.29 is 18.2 Å². The van der Waals surface area contributed by atoms with E-state index in [9.17, 15) is 0 Å². The molecule has 0 aromatic heterocycles. The van der Waals surface area contributed by atoms with Crippen LogP contribution in [0.25, 0.3) is 0 Å². The number of rotatable bonds is 0. The van der Waals surface area contributed by atoms with Gasteiger partial charge in [-0.1, -0.05) is 0 Å². The molecule has 0 aliphatic carbocycles. The van der Waals surface area contributed by atoms with Crippen LogP contribution in [0.1, 0.15) is 0 Å². The van der Waals surface area contributed by atoms with Gasteiger partial charge in [-0.15, -0.1) is 0 Å². The Balaban J connectivity index is -0.00000000500. The molecule has 0 fully saturated rings. The minimum absolute atomic E-state index is 0. The Morgan fingerprint density at radius 3 is 1.00 bits per heavy atom. The Bertz CT molecular complexity index is 6.00. The first-order chi connectivity index (χ1) is 1.00. The van der Waals surface area contributed by atoms with Gasteiger partial charge < -0.3 is 11.0 Å². The summed E-state index contributed by atoms with van der Waals surface area (Å²) in [7, 11) is 3.16. The molecule has 0 aromatic rings. The second-order valence-corrected chi connectivity index (χ2v) is 0. The molecule has 0 bridgehead atoms. The molecule has 0 radical (unpaired) electrons. The van der Waals surface area contributed by atoms with Gasteiger partial charge in [0.05, 0.1) is 0 Å². The molecule has 4 heteroatoms. The Morgan fingerprint density at radius 1 is 1.00 bits per heavy atom. The van der Waals surface area contributed by atoms with Crippen LogP contribution in [-0.4, -0.2) is 43.1 Å². The molecule has 0 amide bonds. The fraction of sp³-hybridized carbons (Fsp3) is 0. The molecular formula is HBaMnO2. The van der Waals surface area contributed by atoms with Crippen LogP contribution in [0.4, 0.5) is 0 Å².